The molecule has 0 radical (unpaired) electrons. The Morgan fingerprint density at radius 2 is 1.34 bits per heavy atom. The molecule has 2 aromatic heterocycles. The summed E-state index contributed by atoms with van der Waals surface area (Å²) in [6, 6.07) is 30.4. The van der Waals surface area contributed by atoms with Crippen LogP contribution in [0.25, 0.3) is 11.0 Å². The number of likely N-dealkylation sites (N-methyl/N-ethyl adjacent to an activating group) is 1. The number of para-hydroxylation sites is 1. The van der Waals surface area contributed by atoms with Crippen molar-refractivity contribution >= 4 is 139 Å². The molecule has 0 aliphatic carbocycles. The average molecular weight is 1410 g/mol. The van der Waals surface area contributed by atoms with Gasteiger partial charge in [0.2, 0.25) is 6.04 Å². The van der Waals surface area contributed by atoms with Crippen molar-refractivity contribution in [3.63, 3.8) is 0 Å². The lowest BCUT2D eigenvalue weighted by Crippen LogP contribution is -2.39. The van der Waals surface area contributed by atoms with E-state index < -0.39 is 53.8 Å². The number of anilines is 4. The molecule has 1 aliphatic rings. The number of amides is 5. The Labute approximate surface area is 581 Å². The summed E-state index contributed by atoms with van der Waals surface area (Å²) in [5.41, 5.74) is 5.10. The third-order valence-electron chi connectivity index (χ3n) is 15.5. The Hall–Kier alpha value is -8.86. The molecule has 3 unspecified atom stereocenters. The number of esters is 2. The number of amidine groups is 1. The van der Waals surface area contributed by atoms with Crippen LogP contribution in [0.2, 0.25) is 25.1 Å². The van der Waals surface area contributed by atoms with E-state index in [2.05, 4.69) is 43.4 Å². The quantitative estimate of drug-likeness (QED) is 0.0235. The molecule has 0 spiro atoms. The summed E-state index contributed by atoms with van der Waals surface area (Å²) in [7, 11) is 0. The van der Waals surface area contributed by atoms with Crippen molar-refractivity contribution < 1.29 is 47.8 Å². The largest absolute Gasteiger partial charge is 0.483 e. The van der Waals surface area contributed by atoms with Crippen LogP contribution in [-0.4, -0.2) is 97.9 Å². The first-order valence-corrected chi connectivity index (χ1v) is 33.4. The van der Waals surface area contributed by atoms with Gasteiger partial charge in [-0.2, -0.15) is 10.1 Å². The molecular formula is C70H74Cl5N11O10. The van der Waals surface area contributed by atoms with Crippen molar-refractivity contribution in [2.45, 2.75) is 130 Å². The van der Waals surface area contributed by atoms with Gasteiger partial charge in [0.05, 0.1) is 49.2 Å². The second-order valence-corrected chi connectivity index (χ2v) is 24.7. The highest BCUT2D eigenvalue weighted by Crippen LogP contribution is 2.40. The molecule has 0 fully saturated rings. The van der Waals surface area contributed by atoms with Crippen molar-refractivity contribution in [1.29, 1.82) is 0 Å². The molecule has 3 heterocycles. The summed E-state index contributed by atoms with van der Waals surface area (Å²) in [5, 5.41) is 26.8. The fourth-order valence-electron chi connectivity index (χ4n) is 10.4. The normalized spacial score (nSPS) is 13.2. The zero-order valence-electron chi connectivity index (χ0n) is 53.9. The highest BCUT2D eigenvalue weighted by molar-refractivity contribution is 6.43. The molecule has 504 valence electrons. The molecule has 0 saturated carbocycles. The third kappa shape index (κ3) is 19.2. The zero-order chi connectivity index (χ0) is 69.0. The van der Waals surface area contributed by atoms with E-state index in [1.807, 2.05) is 52.0 Å². The van der Waals surface area contributed by atoms with E-state index in [0.29, 0.717) is 46.1 Å². The molecule has 0 bridgehead atoms. The number of carbonyl (C=O) groups excluding carboxylic acids is 7. The molecule has 3 N–H and O–H groups in total. The monoisotopic (exact) mass is 1400 g/mol. The van der Waals surface area contributed by atoms with E-state index in [1.165, 1.54) is 103 Å². The summed E-state index contributed by atoms with van der Waals surface area (Å²) in [4.78, 5) is 95.0. The Bertz CT molecular complexity index is 4110. The number of halogens is 5. The molecule has 8 aromatic rings. The van der Waals surface area contributed by atoms with Gasteiger partial charge in [0.25, 0.3) is 29.5 Å². The van der Waals surface area contributed by atoms with Crippen LogP contribution in [0.5, 0.6) is 5.75 Å². The minimum Gasteiger partial charge on any atom is -0.483 e. The maximum Gasteiger partial charge on any atom is 0.347 e. The lowest BCUT2D eigenvalue weighted by Gasteiger charge is -2.22. The number of rotatable bonds is 28. The standard InChI is InChI=1S/C39H47Cl2N5O6.C31H27Cl3N6O4/c1-4-6-7-8-9-10-11-12-13-16-23-51-38(49)26(3)52-39(50)28-20-22-30(41)33(25-28)43-37(48)35(46-34-18-15-14-17-31(34)44-45-46)36(47)42-32-24-27(5-2)19-21-29(32)40;1-4-38(26(41)17-44-25-10-9-18(2)13-19(25)3)22-8-5-7-20(14-22)30(42)36-29-28(39-12-6-11-35-39)31(43)40(37-29)27-23(33)15-21(32)16-24(27)34/h14-15,17-22,24-26,35H,4-13,16,23H2,1-3H3,(H,42,47)(H,43,48);5-16,28H,4,17H2,1-3H3,(H,36,37,42). The van der Waals surface area contributed by atoms with E-state index in [4.69, 9.17) is 72.2 Å². The van der Waals surface area contributed by atoms with E-state index in [-0.39, 0.29) is 67.5 Å². The number of benzene rings is 6. The summed E-state index contributed by atoms with van der Waals surface area (Å²) in [6.07, 6.45) is 14.2. The molecule has 0 saturated heterocycles. The van der Waals surface area contributed by atoms with Crippen molar-refractivity contribution in [3.05, 3.63) is 187 Å². The number of hydrogen-bond acceptors (Lipinski definition) is 14. The number of unbranched alkanes of at least 4 members (excludes halogenated alkanes) is 9. The highest BCUT2D eigenvalue weighted by atomic mass is 35.5. The number of ether oxygens (including phenoxy) is 3. The van der Waals surface area contributed by atoms with Crippen molar-refractivity contribution in [2.75, 3.05) is 40.3 Å². The van der Waals surface area contributed by atoms with Crippen LogP contribution in [0.15, 0.2) is 139 Å². The van der Waals surface area contributed by atoms with Gasteiger partial charge in [-0.25, -0.2) is 14.3 Å². The van der Waals surface area contributed by atoms with Crippen molar-refractivity contribution in [1.82, 2.24) is 30.1 Å². The van der Waals surface area contributed by atoms with E-state index in [9.17, 15) is 33.6 Å². The van der Waals surface area contributed by atoms with Gasteiger partial charge < -0.3 is 35.1 Å². The highest BCUT2D eigenvalue weighted by Gasteiger charge is 2.42. The molecule has 26 heteroatoms. The summed E-state index contributed by atoms with van der Waals surface area (Å²) in [5.74, 6) is -3.77. The molecule has 96 heavy (non-hydrogen) atoms. The average Bonchev–Trinajstić information content (AvgIpc) is 1.61. The number of nitrogens with one attached hydrogen (secondary N) is 3. The van der Waals surface area contributed by atoms with E-state index in [1.54, 1.807) is 72.9 Å². The van der Waals surface area contributed by atoms with Gasteiger partial charge in [0.15, 0.2) is 24.6 Å². The smallest absolute Gasteiger partial charge is 0.347 e. The van der Waals surface area contributed by atoms with Crippen LogP contribution in [0.4, 0.5) is 22.7 Å². The zero-order valence-corrected chi connectivity index (χ0v) is 57.7. The minimum atomic E-state index is -1.56. The second-order valence-electron chi connectivity index (χ2n) is 22.6. The van der Waals surface area contributed by atoms with Crippen LogP contribution >= 0.6 is 58.0 Å². The van der Waals surface area contributed by atoms with Crippen LogP contribution in [-0.2, 0) is 39.9 Å². The molecule has 3 atom stereocenters. The van der Waals surface area contributed by atoms with Gasteiger partial charge in [-0.15, -0.1) is 10.2 Å². The maximum absolute atomic E-state index is 13.9. The fourth-order valence-corrected chi connectivity index (χ4v) is 11.7. The molecule has 1 aliphatic heterocycles. The van der Waals surface area contributed by atoms with Crippen molar-refractivity contribution in [2.24, 2.45) is 5.10 Å². The Morgan fingerprint density at radius 3 is 2.00 bits per heavy atom. The van der Waals surface area contributed by atoms with Gasteiger partial charge >= 0.3 is 11.9 Å². The fraction of sp³-hybridized carbons (Fsp3) is 0.329. The first-order chi connectivity index (χ1) is 46.2. The molecule has 9 rings (SSSR count). The minimum absolute atomic E-state index is 0.00137. The van der Waals surface area contributed by atoms with Gasteiger partial charge in [0.1, 0.15) is 17.0 Å². The molecule has 5 amide bonds. The number of nitrogens with zero attached hydrogens (tertiary/aromatic N) is 8. The lowest BCUT2D eigenvalue weighted by atomic mass is 10.1. The van der Waals surface area contributed by atoms with Crippen LogP contribution in [0.1, 0.15) is 141 Å². The predicted molar refractivity (Wildman–Crippen MR) is 375 cm³/mol. The van der Waals surface area contributed by atoms with Crippen molar-refractivity contribution in [3.8, 4) is 5.75 Å². The first kappa shape index (κ1) is 73.0. The Balaban J connectivity index is 0.000000249. The predicted octanol–water partition coefficient (Wildman–Crippen LogP) is 15.4. The summed E-state index contributed by atoms with van der Waals surface area (Å²) < 4.78 is 19.1. The third-order valence-corrected chi connectivity index (χ3v) is 16.9. The van der Waals surface area contributed by atoms with Gasteiger partial charge in [-0.3, -0.25) is 28.7 Å². The number of fused-ring (bicyclic) bond motifs is 1. The number of aryl methyl sites for hydroxylation is 3. The molecule has 21 nitrogen and oxygen atoms in total. The van der Waals surface area contributed by atoms with Gasteiger partial charge in [-0.05, 0) is 137 Å². The Kier molecular flexibility index (Phi) is 26.8. The number of aromatic nitrogens is 5. The number of hydrazone groups is 1. The SMILES string of the molecule is CCCCCCCCCCCCOC(=O)C(C)OC(=O)c1ccc(Cl)c(NC(=O)C(C(=O)Nc2cc(CC)ccc2Cl)n2nnc3ccccc32)c1.CCN(C(=O)COc1ccc(C)cc1C)c1cccc(C(=O)NC2=NN(c3c(Cl)cc(Cl)cc3Cl)C(=O)C2n2cccn2)c1. The molecule has 6 aromatic carbocycles. The first-order valence-electron chi connectivity index (χ1n) is 31.5. The van der Waals surface area contributed by atoms with Crippen LogP contribution in [0, 0.1) is 13.8 Å². The molecular weight excluding hydrogens is 1330 g/mol. The van der Waals surface area contributed by atoms with Gasteiger partial charge in [0, 0.05) is 35.2 Å². The maximum atomic E-state index is 13.9. The van der Waals surface area contributed by atoms with E-state index in [0.717, 1.165) is 41.0 Å². The van der Waals surface area contributed by atoms with Gasteiger partial charge in [-0.1, -0.05) is 177 Å². The second kappa shape index (κ2) is 35.2. The van der Waals surface area contributed by atoms with Crippen LogP contribution in [0.3, 0.4) is 0 Å². The van der Waals surface area contributed by atoms with Crippen LogP contribution < -0.4 is 30.6 Å². The lowest BCUT2D eigenvalue weighted by molar-refractivity contribution is -0.153. The Morgan fingerprint density at radius 1 is 0.677 bits per heavy atom. The summed E-state index contributed by atoms with van der Waals surface area (Å²) in [6.45, 7) is 11.8. The number of hydrogen-bond donors (Lipinski definition) is 3. The van der Waals surface area contributed by atoms with E-state index >= 15 is 0 Å². The summed E-state index contributed by atoms with van der Waals surface area (Å²) >= 11 is 31.6. The topological polar surface area (TPSA) is 251 Å². The number of carbonyl (C=O) groups is 7.